The minimum Gasteiger partial charge on any atom is -0.445 e. The summed E-state index contributed by atoms with van der Waals surface area (Å²) in [6.45, 7) is 3.66. The van der Waals surface area contributed by atoms with Crippen molar-refractivity contribution in [3.8, 4) is 0 Å². The molecule has 0 fully saturated rings. The molecule has 1 rings (SSSR count). The Labute approximate surface area is 117 Å². The number of hydrogen-bond donors (Lipinski definition) is 1. The highest BCUT2D eigenvalue weighted by atomic mass is 16.5. The van der Waals surface area contributed by atoms with Gasteiger partial charge >= 0.3 is 12.3 Å². The van der Waals surface area contributed by atoms with E-state index >= 15 is 0 Å². The Kier molecular flexibility index (Phi) is 6.13. The molecule has 1 amide bonds. The van der Waals surface area contributed by atoms with Crippen molar-refractivity contribution in [2.24, 2.45) is 5.92 Å². The predicted octanol–water partition coefficient (Wildman–Crippen LogP) is 1.81. The Bertz CT molecular complexity index is 508. The number of ketones is 1. The molecular weight excluding hydrogens is 258 g/mol. The summed E-state index contributed by atoms with van der Waals surface area (Å²) in [6, 6.07) is 8.43. The molecule has 0 aliphatic heterocycles. The zero-order chi connectivity index (χ0) is 15.0. The number of benzene rings is 1. The van der Waals surface area contributed by atoms with Crippen LogP contribution in [0.25, 0.3) is 5.53 Å². The molecule has 0 heterocycles. The number of ether oxygens (including phenoxy) is 1. The highest BCUT2D eigenvalue weighted by Crippen LogP contribution is 2.04. The largest absolute Gasteiger partial charge is 0.445 e. The highest BCUT2D eigenvalue weighted by Gasteiger charge is 2.25. The minimum absolute atomic E-state index is 0.125. The van der Waals surface area contributed by atoms with Crippen molar-refractivity contribution in [2.45, 2.75) is 26.5 Å². The lowest BCUT2D eigenvalue weighted by molar-refractivity contribution is -0.118. The molecule has 106 valence electrons. The molecule has 0 radical (unpaired) electrons. The van der Waals surface area contributed by atoms with E-state index in [1.54, 1.807) is 13.8 Å². The Morgan fingerprint density at radius 2 is 2.00 bits per heavy atom. The van der Waals surface area contributed by atoms with Gasteiger partial charge in [-0.1, -0.05) is 44.2 Å². The van der Waals surface area contributed by atoms with Crippen LogP contribution < -0.4 is 5.32 Å². The van der Waals surface area contributed by atoms with Crippen LogP contribution in [0.3, 0.4) is 0 Å². The third kappa shape index (κ3) is 5.04. The summed E-state index contributed by atoms with van der Waals surface area (Å²) < 4.78 is 5.03. The van der Waals surface area contributed by atoms with E-state index in [1.807, 2.05) is 30.3 Å². The van der Waals surface area contributed by atoms with Gasteiger partial charge in [-0.2, -0.15) is 4.79 Å². The molecule has 0 aliphatic rings. The van der Waals surface area contributed by atoms with E-state index in [-0.39, 0.29) is 12.5 Å². The molecule has 6 heteroatoms. The van der Waals surface area contributed by atoms with Crippen molar-refractivity contribution in [1.29, 1.82) is 0 Å². The first-order chi connectivity index (χ1) is 9.54. The molecule has 20 heavy (non-hydrogen) atoms. The summed E-state index contributed by atoms with van der Waals surface area (Å²) in [4.78, 5) is 25.9. The monoisotopic (exact) mass is 275 g/mol. The fraction of sp³-hybridized carbons (Fsp3) is 0.357. The van der Waals surface area contributed by atoms with Crippen LogP contribution in [0, 0.1) is 5.92 Å². The van der Waals surface area contributed by atoms with Crippen LogP contribution in [-0.2, 0) is 16.1 Å². The summed E-state index contributed by atoms with van der Waals surface area (Å²) in [7, 11) is 0. The normalized spacial score (nSPS) is 11.3. The second-order valence-corrected chi connectivity index (χ2v) is 4.57. The summed E-state index contributed by atoms with van der Waals surface area (Å²) in [5.74, 6) is -0.635. The molecule has 0 saturated carbocycles. The van der Waals surface area contributed by atoms with Gasteiger partial charge in [-0.15, -0.1) is 0 Å². The second-order valence-electron chi connectivity index (χ2n) is 4.57. The van der Waals surface area contributed by atoms with Crippen LogP contribution in [0.15, 0.2) is 30.3 Å². The highest BCUT2D eigenvalue weighted by molar-refractivity contribution is 6.28. The van der Waals surface area contributed by atoms with Gasteiger partial charge in [0.15, 0.2) is 0 Å². The van der Waals surface area contributed by atoms with Gasteiger partial charge in [0.1, 0.15) is 12.6 Å². The van der Waals surface area contributed by atoms with Crippen LogP contribution in [-0.4, -0.2) is 28.9 Å². The quantitative estimate of drug-likeness (QED) is 0.487. The lowest BCUT2D eigenvalue weighted by Crippen LogP contribution is -2.45. The minimum atomic E-state index is -0.783. The average Bonchev–Trinajstić information content (AvgIpc) is 2.43. The van der Waals surface area contributed by atoms with E-state index < -0.39 is 17.9 Å². The smallest absolute Gasteiger partial charge is 0.408 e. The van der Waals surface area contributed by atoms with Gasteiger partial charge < -0.3 is 15.6 Å². The maximum absolute atomic E-state index is 11.6. The number of rotatable bonds is 6. The summed E-state index contributed by atoms with van der Waals surface area (Å²) in [5.41, 5.74) is 9.21. The third-order valence-corrected chi connectivity index (χ3v) is 2.64. The van der Waals surface area contributed by atoms with Crippen molar-refractivity contribution in [3.05, 3.63) is 41.4 Å². The van der Waals surface area contributed by atoms with E-state index in [4.69, 9.17) is 10.3 Å². The number of nitrogens with zero attached hydrogens (tertiary/aromatic N) is 2. The van der Waals surface area contributed by atoms with Gasteiger partial charge in [0.2, 0.25) is 0 Å². The summed E-state index contributed by atoms with van der Waals surface area (Å²) in [5, 5.41) is 2.46. The molecule has 1 unspecified atom stereocenters. The zero-order valence-corrected chi connectivity index (χ0v) is 11.4. The molecular formula is C14H17N3O3. The Morgan fingerprint density at radius 1 is 1.35 bits per heavy atom. The van der Waals surface area contributed by atoms with Gasteiger partial charge in [0.25, 0.3) is 5.78 Å². The Balaban J connectivity index is 2.54. The fourth-order valence-corrected chi connectivity index (χ4v) is 1.60. The van der Waals surface area contributed by atoms with Gasteiger partial charge in [-0.05, 0) is 11.5 Å². The number of carbonyl (C=O) groups excluding carboxylic acids is 2. The van der Waals surface area contributed by atoms with E-state index in [0.29, 0.717) is 0 Å². The first kappa shape index (κ1) is 15.6. The van der Waals surface area contributed by atoms with Crippen LogP contribution in [0.5, 0.6) is 0 Å². The van der Waals surface area contributed by atoms with E-state index in [9.17, 15) is 9.59 Å². The SMILES string of the molecule is CC(C)C(NC(=O)OCc1ccccc1)C(=O)C=[N+]=[N-]. The maximum atomic E-state index is 11.6. The first-order valence-corrected chi connectivity index (χ1v) is 6.23. The summed E-state index contributed by atoms with van der Waals surface area (Å²) >= 11 is 0. The zero-order valence-electron chi connectivity index (χ0n) is 11.4. The number of amides is 1. The molecule has 0 spiro atoms. The lowest BCUT2D eigenvalue weighted by atomic mass is 10.0. The Morgan fingerprint density at radius 3 is 2.55 bits per heavy atom. The predicted molar refractivity (Wildman–Crippen MR) is 73.1 cm³/mol. The van der Waals surface area contributed by atoms with Crippen LogP contribution in [0.4, 0.5) is 4.79 Å². The lowest BCUT2D eigenvalue weighted by Gasteiger charge is -2.17. The molecule has 1 aromatic rings. The number of Topliss-reactive ketones (excluding diaryl/α,β-unsaturated/α-hetero) is 1. The molecule has 0 bridgehead atoms. The standard InChI is InChI=1S/C14H17N3O3/c1-10(2)13(12(18)8-16-15)17-14(19)20-9-11-6-4-3-5-7-11/h3-8,10,13H,9H2,1-2H3,(H,17,19). The number of hydrogen-bond acceptors (Lipinski definition) is 3. The fourth-order valence-electron chi connectivity index (χ4n) is 1.60. The number of nitrogens with one attached hydrogen (secondary N) is 1. The van der Waals surface area contributed by atoms with Crippen molar-refractivity contribution < 1.29 is 19.1 Å². The van der Waals surface area contributed by atoms with Crippen molar-refractivity contribution >= 4 is 18.1 Å². The van der Waals surface area contributed by atoms with Gasteiger partial charge in [-0.3, -0.25) is 4.79 Å². The molecule has 1 N–H and O–H groups in total. The van der Waals surface area contributed by atoms with Crippen molar-refractivity contribution in [3.63, 3.8) is 0 Å². The molecule has 1 atom stereocenters. The van der Waals surface area contributed by atoms with E-state index in [2.05, 4.69) is 10.1 Å². The molecule has 1 aromatic carbocycles. The summed E-state index contributed by atoms with van der Waals surface area (Å²) in [6.07, 6.45) is 0.0783. The van der Waals surface area contributed by atoms with Crippen molar-refractivity contribution in [2.75, 3.05) is 0 Å². The molecule has 6 nitrogen and oxygen atoms in total. The topological polar surface area (TPSA) is 91.8 Å². The average molecular weight is 275 g/mol. The number of alkyl carbamates (subject to hydrolysis) is 1. The van der Waals surface area contributed by atoms with Crippen LogP contribution in [0.2, 0.25) is 0 Å². The van der Waals surface area contributed by atoms with E-state index in [1.165, 1.54) is 0 Å². The molecule has 0 aromatic heterocycles. The van der Waals surface area contributed by atoms with E-state index in [0.717, 1.165) is 11.8 Å². The van der Waals surface area contributed by atoms with Crippen LogP contribution >= 0.6 is 0 Å². The van der Waals surface area contributed by atoms with Gasteiger partial charge in [0.05, 0.1) is 0 Å². The first-order valence-electron chi connectivity index (χ1n) is 6.23. The second kappa shape index (κ2) is 7.86. The van der Waals surface area contributed by atoms with Gasteiger partial charge in [0, 0.05) is 0 Å². The van der Waals surface area contributed by atoms with Gasteiger partial charge in [-0.25, -0.2) is 4.79 Å². The van der Waals surface area contributed by atoms with Crippen LogP contribution in [0.1, 0.15) is 19.4 Å². The molecule has 0 aliphatic carbocycles. The number of carbonyl (C=O) groups is 2. The molecule has 0 saturated heterocycles. The maximum Gasteiger partial charge on any atom is 0.408 e. The Hall–Kier alpha value is -2.46. The van der Waals surface area contributed by atoms with Crippen molar-refractivity contribution in [1.82, 2.24) is 5.32 Å². The third-order valence-electron chi connectivity index (χ3n) is 2.64.